The van der Waals surface area contributed by atoms with Crippen molar-refractivity contribution in [3.63, 3.8) is 0 Å². The molecule has 1 atom stereocenters. The topological polar surface area (TPSA) is 75.5 Å². The third kappa shape index (κ3) is 3.84. The third-order valence-electron chi connectivity index (χ3n) is 6.49. The molecule has 0 N–H and O–H groups in total. The summed E-state index contributed by atoms with van der Waals surface area (Å²) in [7, 11) is 0. The highest BCUT2D eigenvalue weighted by Crippen LogP contribution is 2.43. The summed E-state index contributed by atoms with van der Waals surface area (Å²) >= 11 is 0. The molecule has 28 heavy (non-hydrogen) atoms. The van der Waals surface area contributed by atoms with Gasteiger partial charge in [0.2, 0.25) is 11.8 Å². The Morgan fingerprint density at radius 2 is 1.93 bits per heavy atom. The first kappa shape index (κ1) is 20.6. The number of amides is 2. The summed E-state index contributed by atoms with van der Waals surface area (Å²) in [6.07, 6.45) is 6.20. The van der Waals surface area contributed by atoms with Gasteiger partial charge in [-0.15, -0.1) is 0 Å². The van der Waals surface area contributed by atoms with Gasteiger partial charge < -0.3 is 9.80 Å². The van der Waals surface area contributed by atoms with Gasteiger partial charge >= 0.3 is 5.69 Å². The van der Waals surface area contributed by atoms with E-state index in [0.717, 1.165) is 37.8 Å². The lowest BCUT2D eigenvalue weighted by molar-refractivity contribution is -0.138. The van der Waals surface area contributed by atoms with Crippen LogP contribution in [0.3, 0.4) is 0 Å². The molecule has 0 aromatic carbocycles. The molecule has 0 radical (unpaired) electrons. The van der Waals surface area contributed by atoms with Crippen molar-refractivity contribution in [2.45, 2.75) is 84.3 Å². The van der Waals surface area contributed by atoms with Crippen LogP contribution in [0, 0.1) is 13.8 Å². The molecule has 0 bridgehead atoms. The maximum atomic E-state index is 13.3. The van der Waals surface area contributed by atoms with E-state index >= 15 is 0 Å². The number of carbonyl (C=O) groups excluding carboxylic acids is 2. The second kappa shape index (κ2) is 8.05. The first-order valence-corrected chi connectivity index (χ1v) is 10.4. The van der Waals surface area contributed by atoms with Gasteiger partial charge in [0.25, 0.3) is 0 Å². The Balaban J connectivity index is 1.88. The number of nitrogens with zero attached hydrogens (tertiary/aromatic N) is 4. The number of aromatic nitrogens is 2. The summed E-state index contributed by atoms with van der Waals surface area (Å²) in [5, 5.41) is 0. The number of rotatable bonds is 4. The van der Waals surface area contributed by atoms with Gasteiger partial charge in [0.1, 0.15) is 6.54 Å². The maximum absolute atomic E-state index is 13.3. The van der Waals surface area contributed by atoms with E-state index in [0.29, 0.717) is 18.8 Å². The zero-order valence-electron chi connectivity index (χ0n) is 17.5. The van der Waals surface area contributed by atoms with Gasteiger partial charge in [-0.05, 0) is 46.1 Å². The van der Waals surface area contributed by atoms with E-state index in [1.54, 1.807) is 13.8 Å². The third-order valence-corrected chi connectivity index (χ3v) is 6.49. The Morgan fingerprint density at radius 1 is 1.25 bits per heavy atom. The van der Waals surface area contributed by atoms with Gasteiger partial charge in [0, 0.05) is 36.9 Å². The Kier molecular flexibility index (Phi) is 5.91. The number of likely N-dealkylation sites (N-methyl/N-ethyl adjacent to an activating group) is 1. The lowest BCUT2D eigenvalue weighted by Crippen LogP contribution is -2.50. The summed E-state index contributed by atoms with van der Waals surface area (Å²) in [4.78, 5) is 45.6. The molecule has 154 valence electrons. The molecule has 1 spiro atoms. The molecule has 7 heteroatoms. The van der Waals surface area contributed by atoms with Gasteiger partial charge in [-0.2, -0.15) is 4.98 Å². The maximum Gasteiger partial charge on any atom is 0.348 e. The number of hydrogen-bond acceptors (Lipinski definition) is 4. The molecule has 7 nitrogen and oxygen atoms in total. The minimum atomic E-state index is -0.377. The molecule has 2 amide bonds. The van der Waals surface area contributed by atoms with Crippen LogP contribution in [0.25, 0.3) is 0 Å². The van der Waals surface area contributed by atoms with E-state index in [9.17, 15) is 14.4 Å². The fraction of sp³-hybridized carbons (Fsp3) is 0.714. The zero-order chi connectivity index (χ0) is 20.5. The largest absolute Gasteiger partial charge is 0.348 e. The molecule has 1 aromatic heterocycles. The van der Waals surface area contributed by atoms with Crippen molar-refractivity contribution >= 4 is 11.8 Å². The monoisotopic (exact) mass is 388 g/mol. The summed E-state index contributed by atoms with van der Waals surface area (Å²) in [6, 6.07) is 1.88. The van der Waals surface area contributed by atoms with Gasteiger partial charge in [0.15, 0.2) is 0 Å². The minimum Gasteiger partial charge on any atom is -0.338 e. The highest BCUT2D eigenvalue weighted by molar-refractivity contribution is 5.78. The lowest BCUT2D eigenvalue weighted by Gasteiger charge is -2.41. The lowest BCUT2D eigenvalue weighted by atomic mass is 9.79. The molecule has 2 heterocycles. The summed E-state index contributed by atoms with van der Waals surface area (Å²) < 4.78 is 1.46. The Bertz CT molecular complexity index is 810. The van der Waals surface area contributed by atoms with E-state index in [4.69, 9.17) is 0 Å². The summed E-state index contributed by atoms with van der Waals surface area (Å²) in [5.41, 5.74) is 0.853. The van der Waals surface area contributed by atoms with Crippen LogP contribution in [-0.2, 0) is 16.1 Å². The second-order valence-electron chi connectivity index (χ2n) is 8.36. The Labute approximate surface area is 166 Å². The summed E-state index contributed by atoms with van der Waals surface area (Å²) in [6.45, 7) is 8.42. The zero-order valence-corrected chi connectivity index (χ0v) is 17.5. The fourth-order valence-corrected chi connectivity index (χ4v) is 5.20. The van der Waals surface area contributed by atoms with Gasteiger partial charge in [0.05, 0.1) is 6.04 Å². The van der Waals surface area contributed by atoms with Crippen LogP contribution in [0.1, 0.15) is 63.8 Å². The van der Waals surface area contributed by atoms with Crippen LogP contribution in [-0.4, -0.2) is 55.8 Å². The highest BCUT2D eigenvalue weighted by atomic mass is 16.2. The van der Waals surface area contributed by atoms with Gasteiger partial charge in [-0.1, -0.05) is 19.3 Å². The molecular formula is C21H32N4O3. The standard InChI is InChI=1S/C21H32N4O3/c1-5-23(17(4)26)18-12-21(9-7-6-8-10-21)25(13-18)19(27)14-24-16(3)11-15(2)22-20(24)28/h11,18H,5-10,12-14H2,1-4H3. The molecule has 1 saturated carbocycles. The van der Waals surface area contributed by atoms with E-state index < -0.39 is 0 Å². The van der Waals surface area contributed by atoms with Crippen molar-refractivity contribution in [3.8, 4) is 0 Å². The average Bonchev–Trinajstić information content (AvgIpc) is 2.97. The second-order valence-corrected chi connectivity index (χ2v) is 8.36. The quantitative estimate of drug-likeness (QED) is 0.791. The van der Waals surface area contributed by atoms with Crippen LogP contribution in [0.4, 0.5) is 0 Å². The van der Waals surface area contributed by atoms with E-state index in [1.807, 2.05) is 29.7 Å². The van der Waals surface area contributed by atoms with Crippen molar-refractivity contribution in [1.29, 1.82) is 0 Å². The molecule has 1 saturated heterocycles. The summed E-state index contributed by atoms with van der Waals surface area (Å²) in [5.74, 6) is 0.0161. The van der Waals surface area contributed by atoms with Crippen LogP contribution in [0.15, 0.2) is 10.9 Å². The molecule has 1 aromatic rings. The Hall–Kier alpha value is -2.18. The van der Waals surface area contributed by atoms with E-state index in [2.05, 4.69) is 4.98 Å². The molecule has 2 fully saturated rings. The first-order chi connectivity index (χ1) is 13.3. The van der Waals surface area contributed by atoms with Crippen molar-refractivity contribution in [1.82, 2.24) is 19.4 Å². The predicted octanol–water partition coefficient (Wildman–Crippen LogP) is 2.03. The molecule has 1 aliphatic heterocycles. The van der Waals surface area contributed by atoms with Crippen LogP contribution < -0.4 is 5.69 Å². The van der Waals surface area contributed by atoms with Crippen molar-refractivity contribution in [3.05, 3.63) is 27.9 Å². The van der Waals surface area contributed by atoms with Crippen molar-refractivity contribution < 1.29 is 9.59 Å². The van der Waals surface area contributed by atoms with Crippen molar-refractivity contribution in [2.75, 3.05) is 13.1 Å². The normalized spacial score (nSPS) is 21.1. The minimum absolute atomic E-state index is 0.0125. The smallest absolute Gasteiger partial charge is 0.338 e. The SMILES string of the molecule is CCN(C(C)=O)C1CN(C(=O)Cn2c(C)cc(C)nc2=O)C2(CCCCC2)C1. The van der Waals surface area contributed by atoms with Crippen LogP contribution >= 0.6 is 0 Å². The van der Waals surface area contributed by atoms with Crippen molar-refractivity contribution in [2.24, 2.45) is 0 Å². The number of likely N-dealkylation sites (tertiary alicyclic amines) is 1. The molecule has 2 aliphatic rings. The first-order valence-electron chi connectivity index (χ1n) is 10.4. The Morgan fingerprint density at radius 3 is 2.50 bits per heavy atom. The van der Waals surface area contributed by atoms with E-state index in [-0.39, 0.29) is 35.6 Å². The highest BCUT2D eigenvalue weighted by Gasteiger charge is 2.49. The van der Waals surface area contributed by atoms with Crippen LogP contribution in [0.2, 0.25) is 0 Å². The number of carbonyl (C=O) groups is 2. The predicted molar refractivity (Wildman–Crippen MR) is 107 cm³/mol. The van der Waals surface area contributed by atoms with E-state index in [1.165, 1.54) is 11.0 Å². The van der Waals surface area contributed by atoms with Crippen LogP contribution in [0.5, 0.6) is 0 Å². The number of hydrogen-bond donors (Lipinski definition) is 0. The van der Waals surface area contributed by atoms with Gasteiger partial charge in [-0.25, -0.2) is 4.79 Å². The molecule has 1 unspecified atom stereocenters. The molecule has 1 aliphatic carbocycles. The van der Waals surface area contributed by atoms with Gasteiger partial charge in [-0.3, -0.25) is 14.2 Å². The molecular weight excluding hydrogens is 356 g/mol. The fourth-order valence-electron chi connectivity index (χ4n) is 5.20. The molecule has 3 rings (SSSR count). The number of aryl methyl sites for hydroxylation is 2. The average molecular weight is 389 g/mol.